The number of nitrogens with one attached hydrogen (secondary N) is 1. The topological polar surface area (TPSA) is 58.6 Å². The number of hydrogen-bond donors (Lipinski definition) is 1. The quantitative estimate of drug-likeness (QED) is 0.864. The maximum absolute atomic E-state index is 12.9. The summed E-state index contributed by atoms with van der Waals surface area (Å²) in [6.07, 6.45) is 1.65. The SMILES string of the molecule is COc1cccc(CNC(=O)[C@@H]2CCCN(C(=O)c3cc(C)cc(C)c3)C2)c1. The van der Waals surface area contributed by atoms with Crippen LogP contribution in [0.1, 0.15) is 39.9 Å². The molecule has 2 aromatic rings. The lowest BCUT2D eigenvalue weighted by atomic mass is 9.96. The summed E-state index contributed by atoms with van der Waals surface area (Å²) in [7, 11) is 1.63. The molecule has 0 bridgehead atoms. The highest BCUT2D eigenvalue weighted by Crippen LogP contribution is 2.20. The lowest BCUT2D eigenvalue weighted by Gasteiger charge is -2.32. The monoisotopic (exact) mass is 380 g/mol. The molecule has 28 heavy (non-hydrogen) atoms. The summed E-state index contributed by atoms with van der Waals surface area (Å²) in [5, 5.41) is 3.01. The molecular weight excluding hydrogens is 352 g/mol. The Hall–Kier alpha value is -2.82. The van der Waals surface area contributed by atoms with Gasteiger partial charge in [0.1, 0.15) is 5.75 Å². The van der Waals surface area contributed by atoms with Crippen LogP contribution < -0.4 is 10.1 Å². The first-order valence-corrected chi connectivity index (χ1v) is 9.74. The molecule has 1 aliphatic heterocycles. The summed E-state index contributed by atoms with van der Waals surface area (Å²) in [5.74, 6) is 0.613. The highest BCUT2D eigenvalue weighted by molar-refractivity contribution is 5.95. The highest BCUT2D eigenvalue weighted by atomic mass is 16.5. The Kier molecular flexibility index (Phi) is 6.34. The summed E-state index contributed by atoms with van der Waals surface area (Å²) in [6, 6.07) is 13.6. The van der Waals surface area contributed by atoms with Crippen LogP contribution >= 0.6 is 0 Å². The molecule has 1 fully saturated rings. The van der Waals surface area contributed by atoms with Crippen molar-refractivity contribution in [3.8, 4) is 5.75 Å². The van der Waals surface area contributed by atoms with E-state index in [0.717, 1.165) is 35.3 Å². The molecule has 1 N–H and O–H groups in total. The summed E-state index contributed by atoms with van der Waals surface area (Å²) >= 11 is 0. The summed E-state index contributed by atoms with van der Waals surface area (Å²) in [6.45, 7) is 5.61. The maximum atomic E-state index is 12.9. The van der Waals surface area contributed by atoms with E-state index in [2.05, 4.69) is 11.4 Å². The summed E-state index contributed by atoms with van der Waals surface area (Å²) in [5.41, 5.74) is 3.85. The van der Waals surface area contributed by atoms with Gasteiger partial charge in [-0.1, -0.05) is 29.3 Å². The second kappa shape index (κ2) is 8.91. The minimum absolute atomic E-state index is 0.000688. The number of benzene rings is 2. The molecule has 5 heteroatoms. The lowest BCUT2D eigenvalue weighted by Crippen LogP contribution is -2.45. The molecule has 5 nitrogen and oxygen atoms in total. The van der Waals surface area contributed by atoms with Gasteiger partial charge in [0.05, 0.1) is 13.0 Å². The van der Waals surface area contributed by atoms with Crippen molar-refractivity contribution >= 4 is 11.8 Å². The van der Waals surface area contributed by atoms with Gasteiger partial charge in [0.25, 0.3) is 5.91 Å². The molecule has 1 heterocycles. The third kappa shape index (κ3) is 4.91. The molecule has 0 spiro atoms. The number of likely N-dealkylation sites (tertiary alicyclic amines) is 1. The van der Waals surface area contributed by atoms with Crippen molar-refractivity contribution in [3.05, 3.63) is 64.7 Å². The van der Waals surface area contributed by atoms with Crippen LogP contribution in [0.25, 0.3) is 0 Å². The second-order valence-corrected chi connectivity index (χ2v) is 7.54. The van der Waals surface area contributed by atoms with Gasteiger partial charge in [-0.05, 0) is 56.5 Å². The van der Waals surface area contributed by atoms with Crippen LogP contribution in [0.15, 0.2) is 42.5 Å². The van der Waals surface area contributed by atoms with Gasteiger partial charge in [-0.3, -0.25) is 9.59 Å². The van der Waals surface area contributed by atoms with Crippen LogP contribution in [0, 0.1) is 19.8 Å². The maximum Gasteiger partial charge on any atom is 0.253 e. The molecule has 148 valence electrons. The van der Waals surface area contributed by atoms with Crippen molar-refractivity contribution in [1.29, 1.82) is 0 Å². The van der Waals surface area contributed by atoms with Crippen LogP contribution in [0.4, 0.5) is 0 Å². The van der Waals surface area contributed by atoms with E-state index in [1.807, 2.05) is 55.1 Å². The standard InChI is InChI=1S/C23H28N2O3/c1-16-10-17(2)12-20(11-16)23(27)25-9-5-7-19(15-25)22(26)24-14-18-6-4-8-21(13-18)28-3/h4,6,8,10-13,19H,5,7,9,14-15H2,1-3H3,(H,24,26)/t19-/m1/s1. The Morgan fingerprint density at radius 1 is 1.14 bits per heavy atom. The molecular formula is C23H28N2O3. The zero-order chi connectivity index (χ0) is 20.1. The van der Waals surface area contributed by atoms with Crippen LogP contribution in [0.3, 0.4) is 0 Å². The van der Waals surface area contributed by atoms with Crippen LogP contribution in [-0.4, -0.2) is 36.9 Å². The zero-order valence-electron chi connectivity index (χ0n) is 16.8. The largest absolute Gasteiger partial charge is 0.497 e. The van der Waals surface area contributed by atoms with E-state index in [1.54, 1.807) is 7.11 Å². The van der Waals surface area contributed by atoms with Gasteiger partial charge < -0.3 is 15.0 Å². The van der Waals surface area contributed by atoms with Crippen molar-refractivity contribution in [3.63, 3.8) is 0 Å². The molecule has 0 aliphatic carbocycles. The number of amides is 2. The van der Waals surface area contributed by atoms with Gasteiger partial charge in [0.2, 0.25) is 5.91 Å². The minimum atomic E-state index is -0.172. The number of nitrogens with zero attached hydrogens (tertiary/aromatic N) is 1. The molecule has 0 aromatic heterocycles. The highest BCUT2D eigenvalue weighted by Gasteiger charge is 2.29. The molecule has 1 saturated heterocycles. The number of ether oxygens (including phenoxy) is 1. The Bertz CT molecular complexity index is 842. The van der Waals surface area contributed by atoms with E-state index in [4.69, 9.17) is 4.74 Å². The fourth-order valence-corrected chi connectivity index (χ4v) is 3.77. The summed E-state index contributed by atoms with van der Waals surface area (Å²) in [4.78, 5) is 27.4. The van der Waals surface area contributed by atoms with Gasteiger partial charge in [-0.15, -0.1) is 0 Å². The Morgan fingerprint density at radius 2 is 1.89 bits per heavy atom. The van der Waals surface area contributed by atoms with Crippen molar-refractivity contribution in [1.82, 2.24) is 10.2 Å². The molecule has 0 unspecified atom stereocenters. The van der Waals surface area contributed by atoms with Crippen LogP contribution in [-0.2, 0) is 11.3 Å². The number of carbonyl (C=O) groups excluding carboxylic acids is 2. The van der Waals surface area contributed by atoms with E-state index < -0.39 is 0 Å². The Balaban J connectivity index is 1.60. The minimum Gasteiger partial charge on any atom is -0.497 e. The Morgan fingerprint density at radius 3 is 2.61 bits per heavy atom. The number of hydrogen-bond acceptors (Lipinski definition) is 3. The van der Waals surface area contributed by atoms with E-state index >= 15 is 0 Å². The van der Waals surface area contributed by atoms with Gasteiger partial charge >= 0.3 is 0 Å². The van der Waals surface area contributed by atoms with E-state index in [-0.39, 0.29) is 17.7 Å². The van der Waals surface area contributed by atoms with Crippen LogP contribution in [0.2, 0.25) is 0 Å². The first kappa shape index (κ1) is 19.9. The van der Waals surface area contributed by atoms with E-state index in [0.29, 0.717) is 25.2 Å². The third-order valence-corrected chi connectivity index (χ3v) is 5.15. The van der Waals surface area contributed by atoms with E-state index in [1.165, 1.54) is 0 Å². The second-order valence-electron chi connectivity index (χ2n) is 7.54. The number of rotatable bonds is 5. The molecule has 0 saturated carbocycles. The normalized spacial score (nSPS) is 16.5. The molecule has 2 amide bonds. The number of methoxy groups -OCH3 is 1. The third-order valence-electron chi connectivity index (χ3n) is 5.15. The smallest absolute Gasteiger partial charge is 0.253 e. The first-order chi connectivity index (χ1) is 13.5. The van der Waals surface area contributed by atoms with Crippen molar-refractivity contribution < 1.29 is 14.3 Å². The van der Waals surface area contributed by atoms with Crippen LogP contribution in [0.5, 0.6) is 5.75 Å². The van der Waals surface area contributed by atoms with Gasteiger partial charge in [-0.2, -0.15) is 0 Å². The fraction of sp³-hybridized carbons (Fsp3) is 0.391. The molecule has 1 aliphatic rings. The molecule has 0 radical (unpaired) electrons. The van der Waals surface area contributed by atoms with Gasteiger partial charge in [-0.25, -0.2) is 0 Å². The van der Waals surface area contributed by atoms with Gasteiger partial charge in [0.15, 0.2) is 0 Å². The average molecular weight is 380 g/mol. The first-order valence-electron chi connectivity index (χ1n) is 9.74. The van der Waals surface area contributed by atoms with E-state index in [9.17, 15) is 9.59 Å². The van der Waals surface area contributed by atoms with Crippen molar-refractivity contribution in [2.45, 2.75) is 33.2 Å². The molecule has 3 rings (SSSR count). The van der Waals surface area contributed by atoms with Crippen molar-refractivity contribution in [2.75, 3.05) is 20.2 Å². The number of piperidine rings is 1. The molecule has 1 atom stereocenters. The number of aryl methyl sites for hydroxylation is 2. The lowest BCUT2D eigenvalue weighted by molar-refractivity contribution is -0.126. The predicted octanol–water partition coefficient (Wildman–Crippen LogP) is 3.48. The van der Waals surface area contributed by atoms with Gasteiger partial charge in [0, 0.05) is 25.2 Å². The fourth-order valence-electron chi connectivity index (χ4n) is 3.77. The number of carbonyl (C=O) groups is 2. The average Bonchev–Trinajstić information content (AvgIpc) is 2.71. The predicted molar refractivity (Wildman–Crippen MR) is 109 cm³/mol. The molecule has 2 aromatic carbocycles. The zero-order valence-corrected chi connectivity index (χ0v) is 16.8. The summed E-state index contributed by atoms with van der Waals surface area (Å²) < 4.78 is 5.22. The Labute approximate surface area is 166 Å². The van der Waals surface area contributed by atoms with Crippen molar-refractivity contribution in [2.24, 2.45) is 5.92 Å².